The summed E-state index contributed by atoms with van der Waals surface area (Å²) in [5.41, 5.74) is 0. The van der Waals surface area contributed by atoms with E-state index >= 15 is 0 Å². The largest absolute Gasteiger partial charge is 0.383 e. The average molecular weight is 338 g/mol. The van der Waals surface area contributed by atoms with Crippen LogP contribution in [-0.2, 0) is 4.74 Å². The molecule has 2 heterocycles. The van der Waals surface area contributed by atoms with Crippen LogP contribution >= 0.6 is 0 Å². The van der Waals surface area contributed by atoms with Gasteiger partial charge in [-0.15, -0.1) is 0 Å². The van der Waals surface area contributed by atoms with Crippen molar-refractivity contribution in [2.24, 2.45) is 11.8 Å². The van der Waals surface area contributed by atoms with Gasteiger partial charge < -0.3 is 14.5 Å². The molecular weight excluding hydrogens is 298 g/mol. The number of nitrogens with zero attached hydrogens (tertiary/aromatic N) is 3. The predicted molar refractivity (Wildman–Crippen MR) is 100 cm³/mol. The Morgan fingerprint density at radius 1 is 1.00 bits per heavy atom. The van der Waals surface area contributed by atoms with Gasteiger partial charge in [0, 0.05) is 64.5 Å². The fourth-order valence-corrected chi connectivity index (χ4v) is 5.01. The lowest BCUT2D eigenvalue weighted by molar-refractivity contribution is -0.0292. The topological polar surface area (TPSA) is 19.0 Å². The van der Waals surface area contributed by atoms with Crippen LogP contribution in [0.15, 0.2) is 0 Å². The number of piperazine rings is 1. The molecular formula is C20H39N3O. The number of ether oxygens (including phenoxy) is 1. The first-order valence-electron chi connectivity index (χ1n) is 10.3. The highest BCUT2D eigenvalue weighted by molar-refractivity contribution is 4.91. The average Bonchev–Trinajstić information content (AvgIpc) is 2.52. The molecule has 0 unspecified atom stereocenters. The Balaban J connectivity index is 1.48. The Kier molecular flexibility index (Phi) is 6.58. The number of hydrogen-bond acceptors (Lipinski definition) is 4. The van der Waals surface area contributed by atoms with Crippen molar-refractivity contribution in [1.82, 2.24) is 14.7 Å². The van der Waals surface area contributed by atoms with Crippen molar-refractivity contribution < 1.29 is 4.74 Å². The summed E-state index contributed by atoms with van der Waals surface area (Å²) < 4.78 is 5.59. The molecule has 0 aromatic carbocycles. The Morgan fingerprint density at radius 2 is 1.71 bits per heavy atom. The van der Waals surface area contributed by atoms with Crippen molar-refractivity contribution in [2.45, 2.75) is 64.6 Å². The molecule has 1 aliphatic carbocycles. The van der Waals surface area contributed by atoms with E-state index in [2.05, 4.69) is 35.5 Å². The Morgan fingerprint density at radius 3 is 2.33 bits per heavy atom. The van der Waals surface area contributed by atoms with Crippen LogP contribution in [0.25, 0.3) is 0 Å². The van der Waals surface area contributed by atoms with E-state index in [1.54, 1.807) is 0 Å². The lowest BCUT2D eigenvalue weighted by Crippen LogP contribution is -2.61. The molecule has 0 radical (unpaired) electrons. The molecule has 0 aromatic heterocycles. The van der Waals surface area contributed by atoms with E-state index in [4.69, 9.17) is 4.74 Å². The van der Waals surface area contributed by atoms with E-state index in [-0.39, 0.29) is 0 Å². The highest BCUT2D eigenvalue weighted by Gasteiger charge is 2.36. The third kappa shape index (κ3) is 4.51. The molecule has 1 atom stereocenters. The molecule has 24 heavy (non-hydrogen) atoms. The van der Waals surface area contributed by atoms with Crippen LogP contribution in [0, 0.1) is 11.8 Å². The van der Waals surface area contributed by atoms with Crippen molar-refractivity contribution in [2.75, 3.05) is 53.0 Å². The normalized spacial score (nSPS) is 34.6. The summed E-state index contributed by atoms with van der Waals surface area (Å²) in [7, 11) is 1.87. The van der Waals surface area contributed by atoms with Gasteiger partial charge in [-0.2, -0.15) is 0 Å². The number of likely N-dealkylation sites (tertiary alicyclic amines) is 1. The zero-order valence-corrected chi connectivity index (χ0v) is 16.4. The summed E-state index contributed by atoms with van der Waals surface area (Å²) in [5, 5.41) is 0. The molecule has 3 rings (SSSR count). The van der Waals surface area contributed by atoms with Crippen LogP contribution in [0.2, 0.25) is 0 Å². The van der Waals surface area contributed by atoms with Crippen molar-refractivity contribution in [3.8, 4) is 0 Å². The van der Waals surface area contributed by atoms with Gasteiger partial charge in [0.2, 0.25) is 0 Å². The van der Waals surface area contributed by atoms with Crippen molar-refractivity contribution in [3.05, 3.63) is 0 Å². The summed E-state index contributed by atoms with van der Waals surface area (Å²) in [5.74, 6) is 1.82. The minimum atomic E-state index is 0.600. The summed E-state index contributed by atoms with van der Waals surface area (Å²) >= 11 is 0. The Bertz CT molecular complexity index is 375. The van der Waals surface area contributed by atoms with Gasteiger partial charge in [0.05, 0.1) is 6.61 Å². The highest BCUT2D eigenvalue weighted by atomic mass is 16.5. The first-order chi connectivity index (χ1) is 11.6. The van der Waals surface area contributed by atoms with Gasteiger partial charge in [0.25, 0.3) is 0 Å². The van der Waals surface area contributed by atoms with E-state index in [1.165, 1.54) is 65.0 Å². The molecule has 140 valence electrons. The molecule has 0 bridgehead atoms. The number of hydrogen-bond donors (Lipinski definition) is 0. The third-order valence-electron chi connectivity index (χ3n) is 6.66. The zero-order valence-electron chi connectivity index (χ0n) is 16.4. The monoisotopic (exact) mass is 337 g/mol. The second kappa shape index (κ2) is 8.48. The fraction of sp³-hybridized carbons (Fsp3) is 1.00. The van der Waals surface area contributed by atoms with Gasteiger partial charge in [0.15, 0.2) is 0 Å². The third-order valence-corrected chi connectivity index (χ3v) is 6.66. The SMILES string of the molecule is COC[C@H]1CN(CC2CN(C(C)C)C2)CCN1C1CCC(C)CC1. The van der Waals surface area contributed by atoms with Crippen molar-refractivity contribution in [3.63, 3.8) is 0 Å². The molecule has 0 amide bonds. The van der Waals surface area contributed by atoms with E-state index in [9.17, 15) is 0 Å². The molecule has 1 saturated carbocycles. The fourth-order valence-electron chi connectivity index (χ4n) is 5.01. The molecule has 3 fully saturated rings. The second-order valence-corrected chi connectivity index (χ2v) is 8.93. The van der Waals surface area contributed by atoms with Crippen molar-refractivity contribution >= 4 is 0 Å². The summed E-state index contributed by atoms with van der Waals surface area (Å²) in [6.45, 7) is 15.5. The lowest BCUT2D eigenvalue weighted by Gasteiger charge is -2.49. The second-order valence-electron chi connectivity index (χ2n) is 8.93. The van der Waals surface area contributed by atoms with E-state index in [0.29, 0.717) is 12.1 Å². The van der Waals surface area contributed by atoms with Gasteiger partial charge in [0.1, 0.15) is 0 Å². The van der Waals surface area contributed by atoms with Crippen LogP contribution in [0.1, 0.15) is 46.5 Å². The number of rotatable bonds is 6. The van der Waals surface area contributed by atoms with Crippen LogP contribution in [0.3, 0.4) is 0 Å². The van der Waals surface area contributed by atoms with E-state index in [0.717, 1.165) is 24.5 Å². The minimum absolute atomic E-state index is 0.600. The lowest BCUT2D eigenvalue weighted by atomic mass is 9.85. The van der Waals surface area contributed by atoms with Gasteiger partial charge in [-0.25, -0.2) is 0 Å². The molecule has 2 aliphatic heterocycles. The maximum absolute atomic E-state index is 5.59. The maximum atomic E-state index is 5.59. The first-order valence-corrected chi connectivity index (χ1v) is 10.3. The molecule has 3 aliphatic rings. The summed E-state index contributed by atoms with van der Waals surface area (Å²) in [6.07, 6.45) is 5.62. The van der Waals surface area contributed by atoms with Crippen LogP contribution in [0.4, 0.5) is 0 Å². The molecule has 0 spiro atoms. The van der Waals surface area contributed by atoms with Crippen LogP contribution < -0.4 is 0 Å². The van der Waals surface area contributed by atoms with Gasteiger partial charge >= 0.3 is 0 Å². The molecule has 4 heteroatoms. The molecule has 0 N–H and O–H groups in total. The zero-order chi connectivity index (χ0) is 17.1. The maximum Gasteiger partial charge on any atom is 0.0630 e. The predicted octanol–water partition coefficient (Wildman–Crippen LogP) is 2.54. The molecule has 4 nitrogen and oxygen atoms in total. The van der Waals surface area contributed by atoms with Gasteiger partial charge in [-0.3, -0.25) is 4.90 Å². The number of methoxy groups -OCH3 is 1. The highest BCUT2D eigenvalue weighted by Crippen LogP contribution is 2.30. The first kappa shape index (κ1) is 18.6. The van der Waals surface area contributed by atoms with Crippen LogP contribution in [-0.4, -0.2) is 85.8 Å². The van der Waals surface area contributed by atoms with Gasteiger partial charge in [-0.05, 0) is 51.4 Å². The molecule has 2 saturated heterocycles. The van der Waals surface area contributed by atoms with E-state index in [1.807, 2.05) is 7.11 Å². The Labute approximate surface area is 149 Å². The smallest absolute Gasteiger partial charge is 0.0630 e. The summed E-state index contributed by atoms with van der Waals surface area (Å²) in [4.78, 5) is 8.11. The quantitative estimate of drug-likeness (QED) is 0.741. The van der Waals surface area contributed by atoms with Crippen molar-refractivity contribution in [1.29, 1.82) is 0 Å². The van der Waals surface area contributed by atoms with Crippen LogP contribution in [0.5, 0.6) is 0 Å². The van der Waals surface area contributed by atoms with E-state index < -0.39 is 0 Å². The standard InChI is InChI=1S/C20H39N3O/c1-16(2)22-12-18(13-22)11-21-9-10-23(20(14-21)15-24-4)19-7-5-17(3)6-8-19/h16-20H,5-15H2,1-4H3/t17?,19?,20-/m1/s1. The Hall–Kier alpha value is -0.160. The van der Waals surface area contributed by atoms with Gasteiger partial charge in [-0.1, -0.05) is 6.92 Å². The minimum Gasteiger partial charge on any atom is -0.383 e. The molecule has 0 aromatic rings. The summed E-state index contributed by atoms with van der Waals surface area (Å²) in [6, 6.07) is 2.13.